The molecule has 0 aromatic carbocycles. The van der Waals surface area contributed by atoms with Gasteiger partial charge in [-0.1, -0.05) is 0 Å². The molecule has 0 unspecified atom stereocenters. The zero-order chi connectivity index (χ0) is 12.8. The van der Waals surface area contributed by atoms with Gasteiger partial charge in [-0.25, -0.2) is 4.98 Å². The smallest absolute Gasteiger partial charge is 0.0945 e. The van der Waals surface area contributed by atoms with E-state index in [0.29, 0.717) is 0 Å². The first-order chi connectivity index (χ1) is 8.78. The Hall–Kier alpha value is -1.62. The molecular formula is C13H18N4S. The summed E-state index contributed by atoms with van der Waals surface area (Å²) in [5, 5.41) is 9.87. The predicted octanol–water partition coefficient (Wildman–Crippen LogP) is 2.93. The van der Waals surface area contributed by atoms with Gasteiger partial charge in [-0.2, -0.15) is 0 Å². The van der Waals surface area contributed by atoms with Crippen LogP contribution in [-0.4, -0.2) is 23.1 Å². The minimum atomic E-state index is 0.879. The molecule has 2 N–H and O–H groups in total. The van der Waals surface area contributed by atoms with E-state index in [4.69, 9.17) is 0 Å². The number of thiazole rings is 1. The van der Waals surface area contributed by atoms with Crippen LogP contribution in [0.15, 0.2) is 23.8 Å². The average molecular weight is 262 g/mol. The van der Waals surface area contributed by atoms with Crippen molar-refractivity contribution in [2.24, 2.45) is 0 Å². The quantitative estimate of drug-likeness (QED) is 0.840. The van der Waals surface area contributed by atoms with Crippen molar-refractivity contribution in [2.45, 2.75) is 20.3 Å². The van der Waals surface area contributed by atoms with Crippen molar-refractivity contribution in [3.05, 3.63) is 34.5 Å². The fraction of sp³-hybridized carbons (Fsp3) is 0.385. The van der Waals surface area contributed by atoms with E-state index in [9.17, 15) is 0 Å². The number of rotatable bonds is 6. The second-order valence-corrected chi connectivity index (χ2v) is 4.99. The number of nitrogens with one attached hydrogen (secondary N) is 2. The standard InChI is InChI=1S/C13H18N4S/c1-3-15-11-6-12(8-14-7-11)16-5-4-13-17-10(2)9-18-13/h6-9,15-16H,3-5H2,1-2H3. The molecule has 2 heterocycles. The first kappa shape index (κ1) is 12.8. The van der Waals surface area contributed by atoms with Crippen molar-refractivity contribution in [3.8, 4) is 0 Å². The monoisotopic (exact) mass is 262 g/mol. The largest absolute Gasteiger partial charge is 0.384 e. The summed E-state index contributed by atoms with van der Waals surface area (Å²) in [6, 6.07) is 2.07. The van der Waals surface area contributed by atoms with Gasteiger partial charge in [0.25, 0.3) is 0 Å². The fourth-order valence-corrected chi connectivity index (χ4v) is 2.44. The molecule has 0 aliphatic carbocycles. The third-order valence-electron chi connectivity index (χ3n) is 2.45. The molecule has 18 heavy (non-hydrogen) atoms. The zero-order valence-corrected chi connectivity index (χ0v) is 11.5. The van der Waals surface area contributed by atoms with Gasteiger partial charge in [-0.05, 0) is 19.9 Å². The van der Waals surface area contributed by atoms with Gasteiger partial charge in [0.2, 0.25) is 0 Å². The highest BCUT2D eigenvalue weighted by atomic mass is 32.1. The summed E-state index contributed by atoms with van der Waals surface area (Å²) in [7, 11) is 0. The summed E-state index contributed by atoms with van der Waals surface area (Å²) in [4.78, 5) is 8.63. The topological polar surface area (TPSA) is 49.8 Å². The molecule has 2 rings (SSSR count). The van der Waals surface area contributed by atoms with Crippen LogP contribution in [0.5, 0.6) is 0 Å². The zero-order valence-electron chi connectivity index (χ0n) is 10.7. The summed E-state index contributed by atoms with van der Waals surface area (Å²) in [5.41, 5.74) is 3.19. The van der Waals surface area contributed by atoms with Crippen molar-refractivity contribution in [1.29, 1.82) is 0 Å². The second-order valence-electron chi connectivity index (χ2n) is 4.05. The van der Waals surface area contributed by atoms with Gasteiger partial charge in [0.15, 0.2) is 0 Å². The first-order valence-electron chi connectivity index (χ1n) is 6.11. The van der Waals surface area contributed by atoms with Gasteiger partial charge < -0.3 is 10.6 Å². The van der Waals surface area contributed by atoms with E-state index >= 15 is 0 Å². The Morgan fingerprint density at radius 1 is 1.22 bits per heavy atom. The van der Waals surface area contributed by atoms with Crippen molar-refractivity contribution in [3.63, 3.8) is 0 Å². The number of aryl methyl sites for hydroxylation is 1. The van der Waals surface area contributed by atoms with Gasteiger partial charge >= 0.3 is 0 Å². The SMILES string of the molecule is CCNc1cncc(NCCc2nc(C)cs2)c1. The van der Waals surface area contributed by atoms with E-state index in [0.717, 1.165) is 36.6 Å². The summed E-state index contributed by atoms with van der Waals surface area (Å²) in [5.74, 6) is 0. The molecule has 2 aromatic heterocycles. The molecule has 0 bridgehead atoms. The Bertz CT molecular complexity index is 495. The van der Waals surface area contributed by atoms with Crippen molar-refractivity contribution >= 4 is 22.7 Å². The Balaban J connectivity index is 1.84. The lowest BCUT2D eigenvalue weighted by molar-refractivity contribution is 0.985. The highest BCUT2D eigenvalue weighted by Crippen LogP contribution is 2.13. The van der Waals surface area contributed by atoms with Crippen LogP contribution in [0.1, 0.15) is 17.6 Å². The van der Waals surface area contributed by atoms with Crippen LogP contribution in [0.4, 0.5) is 11.4 Å². The molecular weight excluding hydrogens is 244 g/mol. The molecule has 0 radical (unpaired) electrons. The number of pyridine rings is 1. The van der Waals surface area contributed by atoms with Crippen LogP contribution in [-0.2, 0) is 6.42 Å². The fourth-order valence-electron chi connectivity index (χ4n) is 1.67. The van der Waals surface area contributed by atoms with Gasteiger partial charge in [-0.15, -0.1) is 11.3 Å². The molecule has 0 spiro atoms. The highest BCUT2D eigenvalue weighted by molar-refractivity contribution is 7.09. The molecule has 0 fully saturated rings. The van der Waals surface area contributed by atoms with Crippen molar-refractivity contribution in [1.82, 2.24) is 9.97 Å². The molecule has 5 heteroatoms. The molecule has 2 aromatic rings. The van der Waals surface area contributed by atoms with Crippen LogP contribution in [0.2, 0.25) is 0 Å². The van der Waals surface area contributed by atoms with Gasteiger partial charge in [0.05, 0.1) is 28.8 Å². The van der Waals surface area contributed by atoms with Crippen molar-refractivity contribution in [2.75, 3.05) is 23.7 Å². The summed E-state index contributed by atoms with van der Waals surface area (Å²) < 4.78 is 0. The average Bonchev–Trinajstić information content (AvgIpc) is 2.76. The third-order valence-corrected chi connectivity index (χ3v) is 3.48. The maximum absolute atomic E-state index is 4.44. The maximum Gasteiger partial charge on any atom is 0.0945 e. The number of hydrogen-bond acceptors (Lipinski definition) is 5. The highest BCUT2D eigenvalue weighted by Gasteiger charge is 1.99. The second kappa shape index (κ2) is 6.35. The lowest BCUT2D eigenvalue weighted by atomic mass is 10.3. The molecule has 0 atom stereocenters. The van der Waals surface area contributed by atoms with Gasteiger partial charge in [0, 0.05) is 30.6 Å². The number of aromatic nitrogens is 2. The maximum atomic E-state index is 4.44. The van der Waals surface area contributed by atoms with Gasteiger partial charge in [0.1, 0.15) is 0 Å². The van der Waals surface area contributed by atoms with Crippen LogP contribution >= 0.6 is 11.3 Å². The van der Waals surface area contributed by atoms with Crippen LogP contribution in [0, 0.1) is 6.92 Å². The Morgan fingerprint density at radius 3 is 2.67 bits per heavy atom. The molecule has 4 nitrogen and oxygen atoms in total. The van der Waals surface area contributed by atoms with E-state index in [1.54, 1.807) is 11.3 Å². The van der Waals surface area contributed by atoms with E-state index < -0.39 is 0 Å². The Labute approximate surface area is 111 Å². The summed E-state index contributed by atoms with van der Waals surface area (Å²) in [6.07, 6.45) is 4.62. The van der Waals surface area contributed by atoms with E-state index in [-0.39, 0.29) is 0 Å². The normalized spacial score (nSPS) is 10.3. The van der Waals surface area contributed by atoms with Gasteiger partial charge in [-0.3, -0.25) is 4.98 Å². The molecule has 0 saturated carbocycles. The Kier molecular flexibility index (Phi) is 4.52. The Morgan fingerprint density at radius 2 is 2.00 bits per heavy atom. The molecule has 96 valence electrons. The van der Waals surface area contributed by atoms with Crippen LogP contribution in [0.25, 0.3) is 0 Å². The number of anilines is 2. The summed E-state index contributed by atoms with van der Waals surface area (Å²) >= 11 is 1.72. The molecule has 0 saturated heterocycles. The van der Waals surface area contributed by atoms with Crippen molar-refractivity contribution < 1.29 is 0 Å². The minimum Gasteiger partial charge on any atom is -0.384 e. The van der Waals surface area contributed by atoms with Crippen LogP contribution in [0.3, 0.4) is 0 Å². The molecule has 0 aliphatic heterocycles. The van der Waals surface area contributed by atoms with Crippen LogP contribution < -0.4 is 10.6 Å². The first-order valence-corrected chi connectivity index (χ1v) is 6.99. The van der Waals surface area contributed by atoms with E-state index in [2.05, 4.69) is 39.0 Å². The number of hydrogen-bond donors (Lipinski definition) is 2. The molecule has 0 aliphatic rings. The molecule has 0 amide bonds. The number of nitrogens with zero attached hydrogens (tertiary/aromatic N) is 2. The third kappa shape index (κ3) is 3.70. The van der Waals surface area contributed by atoms with E-state index in [1.807, 2.05) is 19.3 Å². The minimum absolute atomic E-state index is 0.879. The van der Waals surface area contributed by atoms with E-state index in [1.165, 1.54) is 5.01 Å². The lowest BCUT2D eigenvalue weighted by Gasteiger charge is -2.07. The predicted molar refractivity (Wildman–Crippen MR) is 77.4 cm³/mol. The lowest BCUT2D eigenvalue weighted by Crippen LogP contribution is -2.06. The summed E-state index contributed by atoms with van der Waals surface area (Å²) in [6.45, 7) is 5.88.